The fraction of sp³-hybridized carbons (Fsp3) is 0.853. The molecule has 19 heteroatoms. The van der Waals surface area contributed by atoms with Crippen molar-refractivity contribution in [2.75, 3.05) is 26.4 Å². The summed E-state index contributed by atoms with van der Waals surface area (Å²) in [6, 6.07) is -1.00. The number of hydrogen-bond acceptors (Lipinski definition) is 18. The Hall–Kier alpha value is -2.51. The number of aliphatic hydroxyl groups is 11. The SMILES string of the molecule is CCCCCCC/C=C\C/C=C\CCCCCCCCCCCC(=O)NC(COC1OC(CO)C(OC2OC(CO)C(OC3OC(CO)C(O)C(O)C3O)C(O)C2O)C(O)C1O)C(O)/C=C/CC/C=C/CC/C=C/CCCCCCCCCCCCCCCCCCCC. The van der Waals surface area contributed by atoms with Gasteiger partial charge in [-0.1, -0.05) is 254 Å². The number of ether oxygens (including phenoxy) is 6. The smallest absolute Gasteiger partial charge is 0.220 e. The van der Waals surface area contributed by atoms with E-state index in [-0.39, 0.29) is 18.9 Å². The third-order valence-electron chi connectivity index (χ3n) is 18.5. The van der Waals surface area contributed by atoms with Gasteiger partial charge in [0, 0.05) is 6.42 Å². The second-order valence-corrected chi connectivity index (χ2v) is 26.7. The van der Waals surface area contributed by atoms with E-state index in [1.807, 2.05) is 6.08 Å². The predicted molar refractivity (Wildman–Crippen MR) is 369 cm³/mol. The Kier molecular flexibility index (Phi) is 51.3. The van der Waals surface area contributed by atoms with Gasteiger partial charge in [-0.2, -0.15) is 0 Å². The summed E-state index contributed by atoms with van der Waals surface area (Å²) in [4.78, 5) is 13.4. The van der Waals surface area contributed by atoms with Crippen molar-refractivity contribution in [1.29, 1.82) is 0 Å². The van der Waals surface area contributed by atoms with E-state index in [1.165, 1.54) is 180 Å². The molecule has 12 N–H and O–H groups in total. The number of allylic oxidation sites excluding steroid dienone is 9. The molecule has 0 saturated carbocycles. The van der Waals surface area contributed by atoms with E-state index in [4.69, 9.17) is 28.4 Å². The summed E-state index contributed by atoms with van der Waals surface area (Å²) in [5, 5.41) is 121. The monoisotopic (exact) mass is 1340 g/mol. The second kappa shape index (κ2) is 56.3. The maximum absolute atomic E-state index is 13.4. The molecule has 548 valence electrons. The average molecular weight is 1340 g/mol. The number of rotatable bonds is 58. The molecule has 0 spiro atoms. The van der Waals surface area contributed by atoms with Crippen LogP contribution in [0.25, 0.3) is 0 Å². The first-order valence-electron chi connectivity index (χ1n) is 37.5. The maximum Gasteiger partial charge on any atom is 0.220 e. The molecule has 3 heterocycles. The number of carbonyl (C=O) groups is 1. The number of nitrogens with one attached hydrogen (secondary N) is 1. The van der Waals surface area contributed by atoms with Crippen LogP contribution in [0.15, 0.2) is 60.8 Å². The normalized spacial score (nSPS) is 27.7. The van der Waals surface area contributed by atoms with Crippen molar-refractivity contribution in [3.63, 3.8) is 0 Å². The van der Waals surface area contributed by atoms with Crippen LogP contribution in [0.3, 0.4) is 0 Å². The molecule has 0 aromatic heterocycles. The van der Waals surface area contributed by atoms with Crippen molar-refractivity contribution in [2.45, 2.75) is 381 Å². The molecule has 17 unspecified atom stereocenters. The van der Waals surface area contributed by atoms with Crippen molar-refractivity contribution >= 4 is 5.91 Å². The number of amides is 1. The lowest BCUT2D eigenvalue weighted by Gasteiger charge is -2.48. The van der Waals surface area contributed by atoms with E-state index in [0.29, 0.717) is 12.8 Å². The average Bonchev–Trinajstić information content (AvgIpc) is 0.787. The highest BCUT2D eigenvalue weighted by Crippen LogP contribution is 2.33. The molecule has 0 aromatic rings. The van der Waals surface area contributed by atoms with Gasteiger partial charge in [-0.25, -0.2) is 0 Å². The van der Waals surface area contributed by atoms with Crippen LogP contribution in [-0.4, -0.2) is 193 Å². The molecule has 0 bridgehead atoms. The zero-order valence-corrected chi connectivity index (χ0v) is 58.2. The highest BCUT2D eigenvalue weighted by molar-refractivity contribution is 5.76. The van der Waals surface area contributed by atoms with E-state index >= 15 is 0 Å². The number of carbonyl (C=O) groups excluding carboxylic acids is 1. The van der Waals surface area contributed by atoms with Gasteiger partial charge in [0.05, 0.1) is 38.6 Å². The van der Waals surface area contributed by atoms with Gasteiger partial charge in [0.1, 0.15) is 73.2 Å². The first-order valence-corrected chi connectivity index (χ1v) is 37.5. The first kappa shape index (κ1) is 85.7. The number of aliphatic hydroxyl groups excluding tert-OH is 11. The molecule has 0 radical (unpaired) electrons. The molecule has 94 heavy (non-hydrogen) atoms. The van der Waals surface area contributed by atoms with E-state index in [0.717, 1.165) is 64.2 Å². The highest BCUT2D eigenvalue weighted by atomic mass is 16.8. The predicted octanol–water partition coefficient (Wildman–Crippen LogP) is 11.1. The molecule has 0 aliphatic carbocycles. The Bertz CT molecular complexity index is 1940. The van der Waals surface area contributed by atoms with Gasteiger partial charge in [-0.15, -0.1) is 0 Å². The Balaban J connectivity index is 1.43. The Labute approximate surface area is 566 Å². The largest absolute Gasteiger partial charge is 0.394 e. The van der Waals surface area contributed by atoms with Crippen molar-refractivity contribution < 1.29 is 89.4 Å². The van der Waals surface area contributed by atoms with Gasteiger partial charge in [-0.05, 0) is 77.0 Å². The highest BCUT2D eigenvalue weighted by Gasteiger charge is 2.53. The van der Waals surface area contributed by atoms with Gasteiger partial charge >= 0.3 is 0 Å². The van der Waals surface area contributed by atoms with Crippen molar-refractivity contribution in [3.05, 3.63) is 60.8 Å². The standard InChI is InChI=1S/C75H135NO18/c1-3-5-7-9-11-13-15-17-19-21-23-25-26-27-28-29-30-31-33-34-36-38-40-42-44-46-48-50-52-59(80)58(76-63(81)53-51-49-47-45-43-41-39-37-35-32-24-22-20-18-16-14-12-10-8-6-4-2)57-89-73-69(87)66(84)71(61(55-78)91-73)94-75-70(88)67(85)72(62(56-79)92-75)93-74-68(86)65(83)64(82)60(54-77)90-74/h16,18,22,24,34,36,42,44,50,52,58-62,64-75,77-80,82-88H,3-15,17,19-21,23,25-33,35,37-41,43,45-49,51,53-57H2,1-2H3,(H,76,81)/b18-16-,24-22-,36-34+,44-42+,52-50+. The molecular formula is C75H135NO18. The topological polar surface area (TPSA) is 307 Å². The Morgan fingerprint density at radius 3 is 1.13 bits per heavy atom. The Morgan fingerprint density at radius 2 is 0.713 bits per heavy atom. The maximum atomic E-state index is 13.4. The van der Waals surface area contributed by atoms with Crippen LogP contribution < -0.4 is 5.32 Å². The minimum Gasteiger partial charge on any atom is -0.394 e. The number of unbranched alkanes of at least 4 members (excludes halogenated alkanes) is 34. The lowest BCUT2D eigenvalue weighted by Crippen LogP contribution is -2.66. The molecule has 19 nitrogen and oxygen atoms in total. The lowest BCUT2D eigenvalue weighted by molar-refractivity contribution is -0.379. The van der Waals surface area contributed by atoms with Crippen LogP contribution in [0.4, 0.5) is 0 Å². The van der Waals surface area contributed by atoms with Gasteiger partial charge in [0.15, 0.2) is 18.9 Å². The molecule has 3 aliphatic rings. The molecule has 17 atom stereocenters. The molecule has 3 fully saturated rings. The van der Waals surface area contributed by atoms with E-state index in [2.05, 4.69) is 67.8 Å². The summed E-state index contributed by atoms with van der Waals surface area (Å²) >= 11 is 0. The van der Waals surface area contributed by atoms with Gasteiger partial charge in [0.25, 0.3) is 0 Å². The zero-order chi connectivity index (χ0) is 68.2. The van der Waals surface area contributed by atoms with E-state index in [9.17, 15) is 61.0 Å². The van der Waals surface area contributed by atoms with Crippen LogP contribution in [0, 0.1) is 0 Å². The molecule has 1 amide bonds. The summed E-state index contributed by atoms with van der Waals surface area (Å²) in [7, 11) is 0. The molecule has 0 aromatic carbocycles. The molecule has 3 saturated heterocycles. The number of hydrogen-bond donors (Lipinski definition) is 12. The zero-order valence-electron chi connectivity index (χ0n) is 58.2. The van der Waals surface area contributed by atoms with Crippen LogP contribution in [0.5, 0.6) is 0 Å². The lowest BCUT2D eigenvalue weighted by atomic mass is 9.96. The van der Waals surface area contributed by atoms with Crippen LogP contribution >= 0.6 is 0 Å². The Morgan fingerprint density at radius 1 is 0.383 bits per heavy atom. The molecule has 3 rings (SSSR count). The summed E-state index contributed by atoms with van der Waals surface area (Å²) in [6.45, 7) is 1.72. The van der Waals surface area contributed by atoms with Gasteiger partial charge < -0.3 is 89.9 Å². The van der Waals surface area contributed by atoms with Crippen LogP contribution in [-0.2, 0) is 33.2 Å². The van der Waals surface area contributed by atoms with Crippen molar-refractivity contribution in [2.24, 2.45) is 0 Å². The van der Waals surface area contributed by atoms with Crippen molar-refractivity contribution in [1.82, 2.24) is 5.32 Å². The summed E-state index contributed by atoms with van der Waals surface area (Å²) in [5.41, 5.74) is 0. The third-order valence-corrected chi connectivity index (χ3v) is 18.5. The van der Waals surface area contributed by atoms with Gasteiger partial charge in [-0.3, -0.25) is 4.79 Å². The second-order valence-electron chi connectivity index (χ2n) is 26.7. The first-order chi connectivity index (χ1) is 45.8. The van der Waals surface area contributed by atoms with Gasteiger partial charge in [0.2, 0.25) is 5.91 Å². The van der Waals surface area contributed by atoms with Crippen molar-refractivity contribution in [3.8, 4) is 0 Å². The molecular weight excluding hydrogens is 1200 g/mol. The van der Waals surface area contributed by atoms with Crippen LogP contribution in [0.1, 0.15) is 277 Å². The summed E-state index contributed by atoms with van der Waals surface area (Å²) in [6.07, 6.45) is 43.5. The minimum atomic E-state index is -1.99. The van der Waals surface area contributed by atoms with E-state index in [1.54, 1.807) is 6.08 Å². The minimum absolute atomic E-state index is 0.225. The van der Waals surface area contributed by atoms with E-state index < -0.39 is 124 Å². The van der Waals surface area contributed by atoms with Crippen LogP contribution in [0.2, 0.25) is 0 Å². The third kappa shape index (κ3) is 37.1. The summed E-state index contributed by atoms with van der Waals surface area (Å²) < 4.78 is 34.4. The fourth-order valence-corrected chi connectivity index (χ4v) is 12.4. The fourth-order valence-electron chi connectivity index (χ4n) is 12.4. The quantitative estimate of drug-likeness (QED) is 0.0199. The summed E-state index contributed by atoms with van der Waals surface area (Å²) in [5.74, 6) is -0.293. The molecule has 3 aliphatic heterocycles.